The Balaban J connectivity index is 1.57. The normalized spacial score (nSPS) is 21.2. The first-order chi connectivity index (χ1) is 24.9. The van der Waals surface area contributed by atoms with Crippen LogP contribution in [0, 0.1) is 0 Å². The number of rotatable bonds is 19. The van der Waals surface area contributed by atoms with E-state index in [-0.39, 0.29) is 29.2 Å². The molecule has 0 aromatic carbocycles. The van der Waals surface area contributed by atoms with Gasteiger partial charge in [0.15, 0.2) is 23.8 Å². The van der Waals surface area contributed by atoms with Gasteiger partial charge in [-0.1, -0.05) is 6.08 Å². The second-order valence-corrected chi connectivity index (χ2v) is 14.1. The van der Waals surface area contributed by atoms with Crippen molar-refractivity contribution in [1.82, 2.24) is 34.0 Å². The minimum Gasteiger partial charge on any atom is -0.455 e. The Kier molecular flexibility index (Phi) is 13.9. The van der Waals surface area contributed by atoms with E-state index in [2.05, 4.69) is 31.0 Å². The van der Waals surface area contributed by atoms with Gasteiger partial charge in [0, 0.05) is 26.8 Å². The van der Waals surface area contributed by atoms with Crippen molar-refractivity contribution < 1.29 is 66.3 Å². The van der Waals surface area contributed by atoms with Gasteiger partial charge in [0.25, 0.3) is 0 Å². The number of methoxy groups -OCH3 is 1. The van der Waals surface area contributed by atoms with E-state index in [4.69, 9.17) is 34.7 Å². The van der Waals surface area contributed by atoms with Crippen molar-refractivity contribution in [3.63, 3.8) is 0 Å². The van der Waals surface area contributed by atoms with E-state index >= 15 is 0 Å². The van der Waals surface area contributed by atoms with E-state index in [1.807, 2.05) is 0 Å². The molecule has 1 saturated heterocycles. The third-order valence-corrected chi connectivity index (χ3v) is 9.16. The largest absolute Gasteiger partial charge is 0.472 e. The summed E-state index contributed by atoms with van der Waals surface area (Å²) in [6.45, 7) is 0.672. The predicted molar refractivity (Wildman–Crippen MR) is 179 cm³/mol. The average Bonchev–Trinajstić information content (AvgIpc) is 3.64. The zero-order chi connectivity index (χ0) is 39.1. The molecule has 3 aromatic rings. The van der Waals surface area contributed by atoms with Crippen LogP contribution < -0.4 is 17.2 Å². The number of nitrogens with two attached hydrogens (primary N) is 2. The molecule has 1 unspecified atom stereocenters. The number of anilines is 2. The lowest BCUT2D eigenvalue weighted by Gasteiger charge is -2.28. The van der Waals surface area contributed by atoms with Crippen LogP contribution in [0.5, 0.6) is 0 Å². The molecule has 292 valence electrons. The lowest BCUT2D eigenvalue weighted by atomic mass is 10.1. The summed E-state index contributed by atoms with van der Waals surface area (Å²) in [6.07, 6.45) is -3.78. The molecule has 24 nitrogen and oxygen atoms in total. The van der Waals surface area contributed by atoms with Crippen molar-refractivity contribution in [2.75, 3.05) is 45.4 Å². The Morgan fingerprint density at radius 3 is 2.57 bits per heavy atom. The van der Waals surface area contributed by atoms with Gasteiger partial charge in [-0.2, -0.15) is 4.98 Å². The smallest absolute Gasteiger partial charge is 0.455 e. The van der Waals surface area contributed by atoms with Crippen LogP contribution >= 0.6 is 15.6 Å². The highest BCUT2D eigenvalue weighted by molar-refractivity contribution is 7.47. The van der Waals surface area contributed by atoms with Crippen molar-refractivity contribution in [2.45, 2.75) is 56.1 Å². The second kappa shape index (κ2) is 17.8. The van der Waals surface area contributed by atoms with Gasteiger partial charge in [-0.05, 0) is 12.5 Å². The maximum atomic E-state index is 13.4. The summed E-state index contributed by atoms with van der Waals surface area (Å²) in [5.74, 6) is -1.49. The maximum absolute atomic E-state index is 13.4. The van der Waals surface area contributed by atoms with Gasteiger partial charge < -0.3 is 50.4 Å². The lowest BCUT2D eigenvalue weighted by molar-refractivity contribution is -0.159. The molecular weight excluding hydrogens is 752 g/mol. The van der Waals surface area contributed by atoms with Crippen LogP contribution in [-0.4, -0.2) is 130 Å². The quantitative estimate of drug-likeness (QED) is 0.0455. The molecule has 0 saturated carbocycles. The summed E-state index contributed by atoms with van der Waals surface area (Å²) in [6, 6.07) is 1.24. The molecule has 4 rings (SSSR count). The number of phosphoric acid groups is 2. The van der Waals surface area contributed by atoms with E-state index in [0.29, 0.717) is 6.42 Å². The Hall–Kier alpha value is -4.19. The SMILES string of the molecule is C=CCCC(=O)N(C)CC(=O)O[C@H]1[C@@H](O)[C@H](n2cnc3c(N)ncnc32)O[C@@H]1COP(=O)(O)O[C@@H](Cn1ccc(N)nc1=O)[C@@H](COP(=O)(O)O)OC. The fourth-order valence-corrected chi connectivity index (χ4v) is 6.31. The number of carbonyl (C=O) groups is 2. The van der Waals surface area contributed by atoms with Crippen molar-refractivity contribution >= 4 is 50.3 Å². The first kappa shape index (κ1) is 41.6. The number of carbonyl (C=O) groups excluding carboxylic acids is 2. The van der Waals surface area contributed by atoms with Gasteiger partial charge in [-0.15, -0.1) is 6.58 Å². The number of imidazole rings is 1. The minimum atomic E-state index is -5.26. The number of phosphoric ester groups is 2. The van der Waals surface area contributed by atoms with Crippen LogP contribution in [0.15, 0.2) is 42.4 Å². The van der Waals surface area contributed by atoms with Crippen molar-refractivity contribution in [2.24, 2.45) is 0 Å². The molecule has 1 aliphatic heterocycles. The molecule has 3 aromatic heterocycles. The molecule has 26 heteroatoms. The van der Waals surface area contributed by atoms with Crippen LogP contribution in [0.25, 0.3) is 11.2 Å². The van der Waals surface area contributed by atoms with Crippen LogP contribution in [0.3, 0.4) is 0 Å². The van der Waals surface area contributed by atoms with Crippen LogP contribution in [0.1, 0.15) is 19.1 Å². The number of aliphatic hydroxyl groups is 1. The summed E-state index contributed by atoms with van der Waals surface area (Å²) in [7, 11) is -7.88. The number of hydrogen-bond acceptors (Lipinski definition) is 18. The molecule has 1 fully saturated rings. The molecule has 8 N–H and O–H groups in total. The number of fused-ring (bicyclic) bond motifs is 1. The molecule has 0 aliphatic carbocycles. The molecule has 1 aliphatic rings. The molecule has 4 heterocycles. The van der Waals surface area contributed by atoms with Gasteiger partial charge in [-0.25, -0.2) is 28.9 Å². The topological polar surface area (TPSA) is 338 Å². The number of nitrogens with zero attached hydrogens (tertiary/aromatic N) is 7. The fraction of sp³-hybridized carbons (Fsp3) is 0.519. The standard InChI is InChI=1S/C27H39N9O15P2/c1-4-5-6-19(37)34(2)10-20(38)50-23-17(49-26(22(23)39)36-14-32-21-24(29)30-13-31-25(21)36)12-48-53(44,45)51-15(16(46-3)11-47-52(41,42)43)9-35-8-7-18(28)33-27(35)40/h4,7-8,13-17,22-23,26,39H,1,5-6,9-12H2,2-3H3,(H,44,45)(H2,28,33,40)(H2,29,30,31)(H2,41,42,43)/t15-,16+,17+,22+,23+,26+/m0/s1. The molecule has 0 bridgehead atoms. The van der Waals surface area contributed by atoms with Gasteiger partial charge in [0.05, 0.1) is 26.1 Å². The summed E-state index contributed by atoms with van der Waals surface area (Å²) >= 11 is 0. The lowest BCUT2D eigenvalue weighted by Crippen LogP contribution is -2.42. The van der Waals surface area contributed by atoms with Gasteiger partial charge >= 0.3 is 27.3 Å². The number of nitrogen functional groups attached to an aromatic ring is 2. The third-order valence-electron chi connectivity index (χ3n) is 7.66. The van der Waals surface area contributed by atoms with E-state index in [9.17, 15) is 43.3 Å². The Bertz CT molecular complexity index is 1920. The van der Waals surface area contributed by atoms with Crippen molar-refractivity contribution in [1.29, 1.82) is 0 Å². The second-order valence-electron chi connectivity index (χ2n) is 11.4. The number of aliphatic hydroxyl groups excluding tert-OH is 1. The van der Waals surface area contributed by atoms with Crippen molar-refractivity contribution in [3.8, 4) is 0 Å². The number of aromatic nitrogens is 6. The monoisotopic (exact) mass is 791 g/mol. The fourth-order valence-electron chi connectivity index (χ4n) is 5.03. The summed E-state index contributed by atoms with van der Waals surface area (Å²) in [5.41, 5.74) is 10.8. The van der Waals surface area contributed by atoms with Gasteiger partial charge in [-0.3, -0.25) is 32.3 Å². The molecule has 0 radical (unpaired) electrons. The molecule has 7 atom stereocenters. The van der Waals surface area contributed by atoms with E-state index in [1.54, 1.807) is 0 Å². The molecule has 0 spiro atoms. The minimum absolute atomic E-state index is 0.0127. The highest BCUT2D eigenvalue weighted by atomic mass is 31.2. The van der Waals surface area contributed by atoms with Crippen LogP contribution in [0.4, 0.5) is 11.6 Å². The summed E-state index contributed by atoms with van der Waals surface area (Å²) in [5, 5.41) is 11.4. The van der Waals surface area contributed by atoms with E-state index < -0.39 is 96.3 Å². The van der Waals surface area contributed by atoms with Gasteiger partial charge in [0.1, 0.15) is 48.6 Å². The van der Waals surface area contributed by atoms with Crippen LogP contribution in [-0.2, 0) is 53.0 Å². The Morgan fingerprint density at radius 2 is 1.91 bits per heavy atom. The Labute approximate surface area is 300 Å². The number of esters is 1. The molecule has 53 heavy (non-hydrogen) atoms. The van der Waals surface area contributed by atoms with E-state index in [0.717, 1.165) is 22.9 Å². The highest BCUT2D eigenvalue weighted by Crippen LogP contribution is 2.47. The number of amides is 1. The number of ether oxygens (including phenoxy) is 3. The first-order valence-corrected chi connectivity index (χ1v) is 18.5. The molecule has 1 amide bonds. The number of allylic oxidation sites excluding steroid dienone is 1. The van der Waals surface area contributed by atoms with Crippen LogP contribution in [0.2, 0.25) is 0 Å². The Morgan fingerprint density at radius 1 is 1.17 bits per heavy atom. The highest BCUT2D eigenvalue weighted by Gasteiger charge is 2.49. The summed E-state index contributed by atoms with van der Waals surface area (Å²) < 4.78 is 58.6. The average molecular weight is 792 g/mol. The zero-order valence-corrected chi connectivity index (χ0v) is 30.0. The molecular formula is C27H39N9O15P2. The number of likely N-dealkylation sites (N-methyl/N-ethyl adjacent to an activating group) is 1. The third kappa shape index (κ3) is 11.2. The maximum Gasteiger partial charge on any atom is 0.472 e. The van der Waals surface area contributed by atoms with E-state index in [1.165, 1.54) is 36.3 Å². The number of hydrogen-bond donors (Lipinski definition) is 6. The summed E-state index contributed by atoms with van der Waals surface area (Å²) in [4.78, 5) is 83.8. The van der Waals surface area contributed by atoms with Gasteiger partial charge in [0.2, 0.25) is 5.91 Å². The predicted octanol–water partition coefficient (Wildman–Crippen LogP) is -1.53. The first-order valence-electron chi connectivity index (χ1n) is 15.5. The zero-order valence-electron chi connectivity index (χ0n) is 28.3. The van der Waals surface area contributed by atoms with Crippen molar-refractivity contribution in [3.05, 3.63) is 48.1 Å².